The molecule has 3 aromatic rings. The number of rotatable bonds is 4. The lowest BCUT2D eigenvalue weighted by Crippen LogP contribution is -2.39. The number of aliphatic carboxylic acids is 1. The highest BCUT2D eigenvalue weighted by Crippen LogP contribution is 2.34. The Kier molecular flexibility index (Phi) is 4.91. The molecule has 3 N–H and O–H groups in total. The number of halogens is 2. The lowest BCUT2D eigenvalue weighted by atomic mass is 9.81. The van der Waals surface area contributed by atoms with Crippen molar-refractivity contribution >= 4 is 22.7 Å². The number of aromatic amines is 1. The van der Waals surface area contributed by atoms with E-state index in [1.54, 1.807) is 6.08 Å². The summed E-state index contributed by atoms with van der Waals surface area (Å²) >= 11 is 0. The zero-order valence-corrected chi connectivity index (χ0v) is 15.9. The van der Waals surface area contributed by atoms with Gasteiger partial charge in [-0.05, 0) is 30.5 Å². The number of nitrogens with zero attached hydrogens (tertiary/aromatic N) is 3. The van der Waals surface area contributed by atoms with Crippen LogP contribution in [0.15, 0.2) is 36.5 Å². The number of fused-ring (bicyclic) bond motifs is 1. The standard InChI is InChI=1S/C21H17F2N5O2/c1-10-3-2-4-16(18(10)21(29)30)26-17-7-13(11(8-24)5-15(17)23)19-14-6-12(22)9-25-20(14)28-27-19/h2,4-7,9-10,16,18,26H,3H2,1H3,(H,29,30)(H,25,27,28)/t10?,16?,18-/m0/s1. The fourth-order valence-corrected chi connectivity index (χ4v) is 3.84. The van der Waals surface area contributed by atoms with Crippen LogP contribution in [0.5, 0.6) is 0 Å². The second-order valence-electron chi connectivity index (χ2n) is 7.29. The van der Waals surface area contributed by atoms with Gasteiger partial charge in [0.05, 0.1) is 41.2 Å². The molecule has 0 bridgehead atoms. The molecule has 0 radical (unpaired) electrons. The molecule has 1 aromatic carbocycles. The lowest BCUT2D eigenvalue weighted by molar-refractivity contribution is -0.143. The summed E-state index contributed by atoms with van der Waals surface area (Å²) in [6, 6.07) is 4.99. The number of H-pyrrole nitrogens is 1. The molecule has 2 aromatic heterocycles. The molecular formula is C21H17F2N5O2. The van der Waals surface area contributed by atoms with Crippen LogP contribution < -0.4 is 5.32 Å². The molecule has 1 aliphatic rings. The number of hydrogen-bond acceptors (Lipinski definition) is 5. The van der Waals surface area contributed by atoms with Crippen molar-refractivity contribution in [2.45, 2.75) is 19.4 Å². The Balaban J connectivity index is 1.80. The molecule has 0 fully saturated rings. The van der Waals surface area contributed by atoms with Crippen molar-refractivity contribution in [3.8, 4) is 17.3 Å². The van der Waals surface area contributed by atoms with Crippen molar-refractivity contribution in [3.63, 3.8) is 0 Å². The van der Waals surface area contributed by atoms with E-state index < -0.39 is 29.6 Å². The topological polar surface area (TPSA) is 115 Å². The third-order valence-electron chi connectivity index (χ3n) is 5.33. The van der Waals surface area contributed by atoms with Crippen molar-refractivity contribution in [1.82, 2.24) is 15.2 Å². The molecule has 0 amide bonds. The Morgan fingerprint density at radius 1 is 1.37 bits per heavy atom. The summed E-state index contributed by atoms with van der Waals surface area (Å²) in [5.41, 5.74) is 0.931. The molecule has 0 aliphatic heterocycles. The smallest absolute Gasteiger partial charge is 0.309 e. The van der Waals surface area contributed by atoms with E-state index in [1.807, 2.05) is 19.1 Å². The van der Waals surface area contributed by atoms with E-state index in [0.29, 0.717) is 23.1 Å². The maximum Gasteiger partial charge on any atom is 0.309 e. The summed E-state index contributed by atoms with van der Waals surface area (Å²) in [4.78, 5) is 15.6. The number of pyridine rings is 1. The average Bonchev–Trinajstić information content (AvgIpc) is 3.11. The molecule has 4 rings (SSSR count). The van der Waals surface area contributed by atoms with Gasteiger partial charge in [0.15, 0.2) is 5.65 Å². The highest BCUT2D eigenvalue weighted by Gasteiger charge is 2.34. The molecule has 0 saturated carbocycles. The Morgan fingerprint density at radius 2 is 2.17 bits per heavy atom. The van der Waals surface area contributed by atoms with Crippen molar-refractivity contribution in [3.05, 3.63) is 53.7 Å². The molecule has 0 saturated heterocycles. The Morgan fingerprint density at radius 3 is 2.90 bits per heavy atom. The second-order valence-corrected chi connectivity index (χ2v) is 7.29. The van der Waals surface area contributed by atoms with Gasteiger partial charge in [0, 0.05) is 10.9 Å². The minimum Gasteiger partial charge on any atom is -0.481 e. The number of benzene rings is 1. The first kappa shape index (κ1) is 19.5. The number of carboxylic acid groups (broad SMARTS) is 1. The van der Waals surface area contributed by atoms with E-state index in [4.69, 9.17) is 0 Å². The summed E-state index contributed by atoms with van der Waals surface area (Å²) in [6.07, 6.45) is 5.22. The molecule has 152 valence electrons. The number of carboxylic acids is 1. The van der Waals surface area contributed by atoms with E-state index in [-0.39, 0.29) is 22.8 Å². The Labute approximate surface area is 170 Å². The molecule has 1 aliphatic carbocycles. The van der Waals surface area contributed by atoms with Gasteiger partial charge in [0.2, 0.25) is 0 Å². The van der Waals surface area contributed by atoms with Crippen LogP contribution in [0, 0.1) is 34.8 Å². The minimum atomic E-state index is -0.972. The van der Waals surface area contributed by atoms with Crippen molar-refractivity contribution < 1.29 is 18.7 Å². The van der Waals surface area contributed by atoms with Crippen molar-refractivity contribution in [2.75, 3.05) is 5.32 Å². The summed E-state index contributed by atoms with van der Waals surface area (Å²) in [5.74, 6) is -3.11. The largest absolute Gasteiger partial charge is 0.481 e. The summed E-state index contributed by atoms with van der Waals surface area (Å²) in [7, 11) is 0. The third kappa shape index (κ3) is 3.37. The van der Waals surface area contributed by atoms with Gasteiger partial charge >= 0.3 is 5.97 Å². The van der Waals surface area contributed by atoms with E-state index >= 15 is 0 Å². The minimum absolute atomic E-state index is 0.0233. The molecule has 2 unspecified atom stereocenters. The molecule has 0 spiro atoms. The number of nitrogens with one attached hydrogen (secondary N) is 2. The average molecular weight is 409 g/mol. The number of allylic oxidation sites excluding steroid dienone is 1. The predicted octanol–water partition coefficient (Wildman–Crippen LogP) is 3.85. The number of anilines is 1. The highest BCUT2D eigenvalue weighted by atomic mass is 19.1. The van der Waals surface area contributed by atoms with E-state index in [2.05, 4.69) is 20.5 Å². The molecular weight excluding hydrogens is 392 g/mol. The fraction of sp³-hybridized carbons (Fsp3) is 0.238. The Hall–Kier alpha value is -3.80. The van der Waals surface area contributed by atoms with Gasteiger partial charge in [-0.3, -0.25) is 9.89 Å². The SMILES string of the molecule is CC1CC=CC(Nc2cc(-c3[nH]nc4ncc(F)cc34)c(C#N)cc2F)[C@H]1C(=O)O. The van der Waals surface area contributed by atoms with Crippen molar-refractivity contribution in [1.29, 1.82) is 5.26 Å². The zero-order chi connectivity index (χ0) is 21.4. The van der Waals surface area contributed by atoms with Crippen LogP contribution in [0.25, 0.3) is 22.3 Å². The van der Waals surface area contributed by atoms with Crippen LogP contribution in [-0.4, -0.2) is 32.3 Å². The first-order valence-electron chi connectivity index (χ1n) is 9.28. The maximum absolute atomic E-state index is 14.7. The maximum atomic E-state index is 14.7. The molecule has 7 nitrogen and oxygen atoms in total. The summed E-state index contributed by atoms with van der Waals surface area (Å²) in [6.45, 7) is 1.83. The van der Waals surface area contributed by atoms with Crippen molar-refractivity contribution in [2.24, 2.45) is 11.8 Å². The van der Waals surface area contributed by atoms with E-state index in [0.717, 1.165) is 12.3 Å². The van der Waals surface area contributed by atoms with Crippen LogP contribution in [0.4, 0.5) is 14.5 Å². The highest BCUT2D eigenvalue weighted by molar-refractivity contribution is 5.93. The monoisotopic (exact) mass is 409 g/mol. The van der Waals surface area contributed by atoms with Gasteiger partial charge < -0.3 is 10.4 Å². The zero-order valence-electron chi connectivity index (χ0n) is 15.9. The van der Waals surface area contributed by atoms with Gasteiger partial charge in [-0.1, -0.05) is 19.1 Å². The van der Waals surface area contributed by atoms with E-state index in [9.17, 15) is 23.9 Å². The molecule has 2 heterocycles. The quantitative estimate of drug-likeness (QED) is 0.564. The summed E-state index contributed by atoms with van der Waals surface area (Å²) in [5, 5.41) is 29.1. The van der Waals surface area contributed by atoms with Gasteiger partial charge in [-0.25, -0.2) is 13.8 Å². The lowest BCUT2D eigenvalue weighted by Gasteiger charge is -2.31. The molecule has 30 heavy (non-hydrogen) atoms. The Bertz CT molecular complexity index is 1210. The first-order chi connectivity index (χ1) is 14.4. The normalized spacial score (nSPS) is 20.8. The van der Waals surface area contributed by atoms with Gasteiger partial charge in [0.25, 0.3) is 0 Å². The van der Waals surface area contributed by atoms with Gasteiger partial charge in [0.1, 0.15) is 11.6 Å². The third-order valence-corrected chi connectivity index (χ3v) is 5.33. The molecule has 9 heteroatoms. The number of hydrogen-bond donors (Lipinski definition) is 3. The second kappa shape index (κ2) is 7.55. The van der Waals surface area contributed by atoms with Crippen LogP contribution in [-0.2, 0) is 4.79 Å². The van der Waals surface area contributed by atoms with Gasteiger partial charge in [-0.2, -0.15) is 10.4 Å². The predicted molar refractivity (Wildman–Crippen MR) is 105 cm³/mol. The van der Waals surface area contributed by atoms with Crippen LogP contribution in [0.3, 0.4) is 0 Å². The fourth-order valence-electron chi connectivity index (χ4n) is 3.84. The first-order valence-corrected chi connectivity index (χ1v) is 9.28. The van der Waals surface area contributed by atoms with Crippen LogP contribution in [0.2, 0.25) is 0 Å². The van der Waals surface area contributed by atoms with Gasteiger partial charge in [-0.15, -0.1) is 0 Å². The number of aromatic nitrogens is 3. The van der Waals surface area contributed by atoms with Crippen LogP contribution in [0.1, 0.15) is 18.9 Å². The number of carbonyl (C=O) groups is 1. The summed E-state index contributed by atoms with van der Waals surface area (Å²) < 4.78 is 28.4. The number of nitriles is 1. The molecule has 3 atom stereocenters. The van der Waals surface area contributed by atoms with Crippen LogP contribution >= 0.6 is 0 Å². The van der Waals surface area contributed by atoms with E-state index in [1.165, 1.54) is 12.1 Å².